The van der Waals surface area contributed by atoms with Crippen LogP contribution in [0.4, 0.5) is 5.13 Å². The average Bonchev–Trinajstić information content (AvgIpc) is 3.05. The Morgan fingerprint density at radius 3 is 2.88 bits per heavy atom. The molecule has 88 valence electrons. The normalized spacial score (nSPS) is 21.4. The summed E-state index contributed by atoms with van der Waals surface area (Å²) in [7, 11) is 0. The molecule has 0 aromatic carbocycles. The van der Waals surface area contributed by atoms with Crippen molar-refractivity contribution >= 4 is 16.5 Å². The van der Waals surface area contributed by atoms with E-state index in [1.165, 1.54) is 55.2 Å². The summed E-state index contributed by atoms with van der Waals surface area (Å²) in [5, 5.41) is 4.77. The molecule has 1 saturated heterocycles. The van der Waals surface area contributed by atoms with Gasteiger partial charge in [-0.3, -0.25) is 0 Å². The van der Waals surface area contributed by atoms with Crippen molar-refractivity contribution in [3.8, 4) is 0 Å². The monoisotopic (exact) mass is 237 g/mol. The van der Waals surface area contributed by atoms with Crippen LogP contribution < -0.4 is 10.2 Å². The van der Waals surface area contributed by atoms with Crippen LogP contribution in [0.25, 0.3) is 0 Å². The molecule has 0 atom stereocenters. The SMILES string of the molecule is c1nc(N2CCCCC2)sc1CNC1CC1. The fourth-order valence-corrected chi connectivity index (χ4v) is 3.06. The lowest BCUT2D eigenvalue weighted by Crippen LogP contribution is -2.29. The van der Waals surface area contributed by atoms with E-state index in [2.05, 4.69) is 15.2 Å². The zero-order chi connectivity index (χ0) is 10.8. The van der Waals surface area contributed by atoms with Gasteiger partial charge in [0.1, 0.15) is 0 Å². The van der Waals surface area contributed by atoms with Gasteiger partial charge in [0.05, 0.1) is 0 Å². The molecule has 3 nitrogen and oxygen atoms in total. The van der Waals surface area contributed by atoms with Gasteiger partial charge in [-0.1, -0.05) is 0 Å². The average molecular weight is 237 g/mol. The third-order valence-corrected chi connectivity index (χ3v) is 4.37. The molecule has 4 heteroatoms. The molecule has 0 amide bonds. The Morgan fingerprint density at radius 1 is 1.31 bits per heavy atom. The molecule has 2 aliphatic rings. The lowest BCUT2D eigenvalue weighted by Gasteiger charge is -2.25. The van der Waals surface area contributed by atoms with Crippen LogP contribution in [-0.4, -0.2) is 24.1 Å². The number of nitrogens with zero attached hydrogens (tertiary/aromatic N) is 2. The van der Waals surface area contributed by atoms with Crippen molar-refractivity contribution in [1.82, 2.24) is 10.3 Å². The maximum atomic E-state index is 4.54. The minimum absolute atomic E-state index is 0.792. The Labute approximate surface area is 101 Å². The topological polar surface area (TPSA) is 28.2 Å². The van der Waals surface area contributed by atoms with Gasteiger partial charge in [-0.15, -0.1) is 11.3 Å². The summed E-state index contributed by atoms with van der Waals surface area (Å²) in [5.41, 5.74) is 0. The lowest BCUT2D eigenvalue weighted by atomic mass is 10.1. The summed E-state index contributed by atoms with van der Waals surface area (Å²) in [5.74, 6) is 0. The van der Waals surface area contributed by atoms with Gasteiger partial charge in [0, 0.05) is 36.8 Å². The molecule has 0 bridgehead atoms. The largest absolute Gasteiger partial charge is 0.348 e. The number of hydrogen-bond donors (Lipinski definition) is 1. The number of nitrogens with one attached hydrogen (secondary N) is 1. The molecule has 1 saturated carbocycles. The van der Waals surface area contributed by atoms with E-state index in [1.807, 2.05) is 17.5 Å². The molecule has 0 radical (unpaired) electrons. The second-order valence-corrected chi connectivity index (χ2v) is 5.91. The van der Waals surface area contributed by atoms with Crippen LogP contribution in [0.2, 0.25) is 0 Å². The second-order valence-electron chi connectivity index (χ2n) is 4.81. The van der Waals surface area contributed by atoms with E-state index in [4.69, 9.17) is 0 Å². The van der Waals surface area contributed by atoms with Gasteiger partial charge in [0.15, 0.2) is 5.13 Å². The van der Waals surface area contributed by atoms with E-state index in [-0.39, 0.29) is 0 Å². The predicted molar refractivity (Wildman–Crippen MR) is 68.0 cm³/mol. The highest BCUT2D eigenvalue weighted by Gasteiger charge is 2.20. The van der Waals surface area contributed by atoms with Crippen LogP contribution in [-0.2, 0) is 6.54 Å². The number of hydrogen-bond acceptors (Lipinski definition) is 4. The van der Waals surface area contributed by atoms with E-state index < -0.39 is 0 Å². The van der Waals surface area contributed by atoms with Gasteiger partial charge >= 0.3 is 0 Å². The molecular weight excluding hydrogens is 218 g/mol. The number of rotatable bonds is 4. The van der Waals surface area contributed by atoms with E-state index in [0.29, 0.717) is 0 Å². The molecule has 1 aromatic heterocycles. The predicted octanol–water partition coefficient (Wildman–Crippen LogP) is 2.39. The lowest BCUT2D eigenvalue weighted by molar-refractivity contribution is 0.577. The third kappa shape index (κ3) is 2.55. The van der Waals surface area contributed by atoms with Crippen molar-refractivity contribution in [2.45, 2.75) is 44.7 Å². The van der Waals surface area contributed by atoms with E-state index >= 15 is 0 Å². The Balaban J connectivity index is 1.57. The Hall–Kier alpha value is -0.610. The summed E-state index contributed by atoms with van der Waals surface area (Å²) >= 11 is 1.86. The molecule has 3 rings (SSSR count). The summed E-state index contributed by atoms with van der Waals surface area (Å²) < 4.78 is 0. The van der Waals surface area contributed by atoms with Gasteiger partial charge in [0.25, 0.3) is 0 Å². The van der Waals surface area contributed by atoms with Gasteiger partial charge in [0.2, 0.25) is 0 Å². The van der Waals surface area contributed by atoms with Crippen molar-refractivity contribution in [2.75, 3.05) is 18.0 Å². The minimum Gasteiger partial charge on any atom is -0.348 e. The first-order valence-electron chi connectivity index (χ1n) is 6.35. The standard InChI is InChI=1S/C12H19N3S/c1-2-6-15(7-3-1)12-14-9-11(16-12)8-13-10-4-5-10/h9-10,13H,1-8H2. The molecule has 1 aliphatic carbocycles. The Kier molecular flexibility index (Phi) is 3.11. The smallest absolute Gasteiger partial charge is 0.185 e. The zero-order valence-electron chi connectivity index (χ0n) is 9.61. The van der Waals surface area contributed by atoms with Crippen LogP contribution in [0.3, 0.4) is 0 Å². The van der Waals surface area contributed by atoms with Crippen molar-refractivity contribution in [3.05, 3.63) is 11.1 Å². The van der Waals surface area contributed by atoms with Crippen molar-refractivity contribution in [1.29, 1.82) is 0 Å². The molecule has 2 fully saturated rings. The molecule has 16 heavy (non-hydrogen) atoms. The first-order chi connectivity index (χ1) is 7.92. The first-order valence-corrected chi connectivity index (χ1v) is 7.16. The number of thiazole rings is 1. The van der Waals surface area contributed by atoms with Gasteiger partial charge < -0.3 is 10.2 Å². The van der Waals surface area contributed by atoms with Crippen molar-refractivity contribution < 1.29 is 0 Å². The Morgan fingerprint density at radius 2 is 2.12 bits per heavy atom. The van der Waals surface area contributed by atoms with Crippen molar-refractivity contribution in [3.63, 3.8) is 0 Å². The van der Waals surface area contributed by atoms with Gasteiger partial charge in [-0.2, -0.15) is 0 Å². The fourth-order valence-electron chi connectivity index (χ4n) is 2.14. The zero-order valence-corrected chi connectivity index (χ0v) is 10.4. The second kappa shape index (κ2) is 4.72. The highest BCUT2D eigenvalue weighted by Crippen LogP contribution is 2.26. The molecule has 0 unspecified atom stereocenters. The van der Waals surface area contributed by atoms with E-state index in [9.17, 15) is 0 Å². The number of aromatic nitrogens is 1. The van der Waals surface area contributed by atoms with Crippen LogP contribution in [0.5, 0.6) is 0 Å². The van der Waals surface area contributed by atoms with E-state index in [1.54, 1.807) is 0 Å². The highest BCUT2D eigenvalue weighted by molar-refractivity contribution is 7.15. The van der Waals surface area contributed by atoms with Crippen LogP contribution in [0.15, 0.2) is 6.20 Å². The molecule has 1 N–H and O–H groups in total. The summed E-state index contributed by atoms with van der Waals surface area (Å²) in [6.45, 7) is 3.40. The van der Waals surface area contributed by atoms with Crippen LogP contribution >= 0.6 is 11.3 Å². The molecule has 2 heterocycles. The molecule has 1 aliphatic heterocycles. The summed E-state index contributed by atoms with van der Waals surface area (Å²) in [6.07, 6.45) is 8.81. The molecule has 0 spiro atoms. The van der Waals surface area contributed by atoms with Gasteiger partial charge in [-0.25, -0.2) is 4.98 Å². The molecular formula is C12H19N3S. The summed E-state index contributed by atoms with van der Waals surface area (Å²) in [6, 6.07) is 0.792. The first kappa shape index (κ1) is 10.5. The van der Waals surface area contributed by atoms with Crippen LogP contribution in [0.1, 0.15) is 37.0 Å². The highest BCUT2D eigenvalue weighted by atomic mass is 32.1. The fraction of sp³-hybridized carbons (Fsp3) is 0.750. The maximum Gasteiger partial charge on any atom is 0.185 e. The maximum absolute atomic E-state index is 4.54. The minimum atomic E-state index is 0.792. The van der Waals surface area contributed by atoms with Crippen molar-refractivity contribution in [2.24, 2.45) is 0 Å². The van der Waals surface area contributed by atoms with E-state index in [0.717, 1.165) is 12.6 Å². The van der Waals surface area contributed by atoms with Gasteiger partial charge in [-0.05, 0) is 32.1 Å². The Bertz CT molecular complexity index is 340. The van der Waals surface area contributed by atoms with Crippen LogP contribution in [0, 0.1) is 0 Å². The number of anilines is 1. The number of piperidine rings is 1. The third-order valence-electron chi connectivity index (χ3n) is 3.31. The quantitative estimate of drug-likeness (QED) is 0.871. The molecule has 1 aromatic rings. The summed E-state index contributed by atoms with van der Waals surface area (Å²) in [4.78, 5) is 8.36.